The summed E-state index contributed by atoms with van der Waals surface area (Å²) >= 11 is 9.68. The van der Waals surface area contributed by atoms with Crippen LogP contribution in [0.5, 0.6) is 11.5 Å². The molecular formula is C22H20BrClN2O5. The van der Waals surface area contributed by atoms with E-state index in [2.05, 4.69) is 21.2 Å². The molecule has 1 aliphatic rings. The minimum Gasteiger partial charge on any atom is -0.490 e. The maximum Gasteiger partial charge on any atom is 0.335 e. The summed E-state index contributed by atoms with van der Waals surface area (Å²) in [5.41, 5.74) is 0.588. The Morgan fingerprint density at radius 3 is 2.45 bits per heavy atom. The van der Waals surface area contributed by atoms with Crippen LogP contribution in [-0.2, 0) is 9.59 Å². The maximum absolute atomic E-state index is 13.0. The van der Waals surface area contributed by atoms with Crippen molar-refractivity contribution < 1.29 is 23.9 Å². The second-order valence-electron chi connectivity index (χ2n) is 6.55. The molecule has 4 amide bonds. The van der Waals surface area contributed by atoms with Gasteiger partial charge in [-0.1, -0.05) is 34.5 Å². The Bertz CT molecular complexity index is 1050. The van der Waals surface area contributed by atoms with Crippen LogP contribution in [0, 0.1) is 0 Å². The zero-order chi connectivity index (χ0) is 22.5. The van der Waals surface area contributed by atoms with Crippen molar-refractivity contribution >= 4 is 57.1 Å². The Morgan fingerprint density at radius 1 is 1.10 bits per heavy atom. The fourth-order valence-corrected chi connectivity index (χ4v) is 3.47. The number of anilines is 1. The van der Waals surface area contributed by atoms with Crippen LogP contribution < -0.4 is 19.7 Å². The van der Waals surface area contributed by atoms with Gasteiger partial charge in [-0.3, -0.25) is 14.9 Å². The number of rotatable bonds is 7. The summed E-state index contributed by atoms with van der Waals surface area (Å²) < 4.78 is 12.1. The third kappa shape index (κ3) is 5.08. The van der Waals surface area contributed by atoms with E-state index in [0.717, 1.165) is 15.8 Å². The van der Waals surface area contributed by atoms with Crippen LogP contribution in [0.25, 0.3) is 6.08 Å². The van der Waals surface area contributed by atoms with Crippen LogP contribution in [-0.4, -0.2) is 31.1 Å². The van der Waals surface area contributed by atoms with E-state index < -0.39 is 17.8 Å². The van der Waals surface area contributed by atoms with Crippen molar-refractivity contribution in [3.05, 3.63) is 57.0 Å². The first-order valence-electron chi connectivity index (χ1n) is 9.61. The molecular weight excluding hydrogens is 488 g/mol. The molecule has 31 heavy (non-hydrogen) atoms. The van der Waals surface area contributed by atoms with Gasteiger partial charge in [0.25, 0.3) is 11.8 Å². The van der Waals surface area contributed by atoms with Gasteiger partial charge in [0.1, 0.15) is 5.57 Å². The molecule has 1 aliphatic heterocycles. The SMILES string of the molecule is CCCOc1c(Cl)cc(/C=C2\C(=O)NC(=O)N(c3ccc(Br)cc3)C2=O)cc1OCC. The summed E-state index contributed by atoms with van der Waals surface area (Å²) in [6.45, 7) is 4.64. The molecule has 0 atom stereocenters. The molecule has 0 spiro atoms. The van der Waals surface area contributed by atoms with E-state index in [9.17, 15) is 14.4 Å². The standard InChI is InChI=1S/C22H20BrClN2O5/c1-3-9-31-19-17(24)11-13(12-18(19)30-4-2)10-16-20(27)25-22(29)26(21(16)28)15-7-5-14(23)6-8-15/h5-8,10-12H,3-4,9H2,1-2H3,(H,25,27,29)/b16-10+. The van der Waals surface area contributed by atoms with Gasteiger partial charge < -0.3 is 9.47 Å². The zero-order valence-corrected chi connectivity index (χ0v) is 19.2. The highest BCUT2D eigenvalue weighted by atomic mass is 79.9. The lowest BCUT2D eigenvalue weighted by Crippen LogP contribution is -2.54. The van der Waals surface area contributed by atoms with Gasteiger partial charge in [0.2, 0.25) is 0 Å². The van der Waals surface area contributed by atoms with Gasteiger partial charge in [0.15, 0.2) is 11.5 Å². The monoisotopic (exact) mass is 506 g/mol. The Labute approximate surface area is 193 Å². The number of carbonyl (C=O) groups is 3. The quantitative estimate of drug-likeness (QED) is 0.423. The van der Waals surface area contributed by atoms with Crippen molar-refractivity contribution in [1.29, 1.82) is 0 Å². The number of carbonyl (C=O) groups excluding carboxylic acids is 3. The van der Waals surface area contributed by atoms with Gasteiger partial charge in [0, 0.05) is 4.47 Å². The molecule has 9 heteroatoms. The van der Waals surface area contributed by atoms with Gasteiger partial charge in [-0.15, -0.1) is 0 Å². The Morgan fingerprint density at radius 2 is 1.81 bits per heavy atom. The summed E-state index contributed by atoms with van der Waals surface area (Å²) in [5.74, 6) is -0.723. The molecule has 1 saturated heterocycles. The number of halogens is 2. The predicted octanol–water partition coefficient (Wildman–Crippen LogP) is 4.96. The summed E-state index contributed by atoms with van der Waals surface area (Å²) in [6, 6.07) is 8.97. The van der Waals surface area contributed by atoms with Crippen molar-refractivity contribution in [1.82, 2.24) is 5.32 Å². The minimum absolute atomic E-state index is 0.205. The number of nitrogens with zero attached hydrogens (tertiary/aromatic N) is 1. The molecule has 0 saturated carbocycles. The molecule has 1 fully saturated rings. The molecule has 2 aromatic carbocycles. The van der Waals surface area contributed by atoms with Gasteiger partial charge >= 0.3 is 6.03 Å². The number of hydrogen-bond acceptors (Lipinski definition) is 5. The highest BCUT2D eigenvalue weighted by molar-refractivity contribution is 9.10. The van der Waals surface area contributed by atoms with Crippen LogP contribution in [0.3, 0.4) is 0 Å². The first-order chi connectivity index (χ1) is 14.8. The van der Waals surface area contributed by atoms with E-state index in [4.69, 9.17) is 21.1 Å². The second-order valence-corrected chi connectivity index (χ2v) is 7.87. The van der Waals surface area contributed by atoms with Crippen LogP contribution in [0.4, 0.5) is 10.5 Å². The molecule has 0 radical (unpaired) electrons. The summed E-state index contributed by atoms with van der Waals surface area (Å²) in [7, 11) is 0. The first kappa shape index (κ1) is 22.8. The van der Waals surface area contributed by atoms with Crippen LogP contribution in [0.1, 0.15) is 25.8 Å². The number of amides is 4. The number of hydrogen-bond donors (Lipinski definition) is 1. The highest BCUT2D eigenvalue weighted by Crippen LogP contribution is 2.37. The van der Waals surface area contributed by atoms with Crippen LogP contribution in [0.15, 0.2) is 46.4 Å². The van der Waals surface area contributed by atoms with Crippen molar-refractivity contribution in [2.45, 2.75) is 20.3 Å². The van der Waals surface area contributed by atoms with Gasteiger partial charge in [0.05, 0.1) is 23.9 Å². The maximum atomic E-state index is 13.0. The lowest BCUT2D eigenvalue weighted by Gasteiger charge is -2.26. The van der Waals surface area contributed by atoms with E-state index in [1.807, 2.05) is 13.8 Å². The Balaban J connectivity index is 2.00. The Kier molecular flexibility index (Phi) is 7.35. The van der Waals surface area contributed by atoms with Crippen molar-refractivity contribution in [2.75, 3.05) is 18.1 Å². The Hall–Kier alpha value is -2.84. The average molecular weight is 508 g/mol. The van der Waals surface area contributed by atoms with Gasteiger partial charge in [-0.05, 0) is 61.4 Å². The molecule has 0 unspecified atom stereocenters. The number of urea groups is 1. The van der Waals surface area contributed by atoms with E-state index in [1.54, 1.807) is 36.4 Å². The van der Waals surface area contributed by atoms with Crippen LogP contribution >= 0.6 is 27.5 Å². The van der Waals surface area contributed by atoms with E-state index in [0.29, 0.717) is 36.0 Å². The average Bonchev–Trinajstić information content (AvgIpc) is 2.72. The lowest BCUT2D eigenvalue weighted by atomic mass is 10.1. The van der Waals surface area contributed by atoms with Crippen molar-refractivity contribution in [2.24, 2.45) is 0 Å². The van der Waals surface area contributed by atoms with Crippen molar-refractivity contribution in [3.63, 3.8) is 0 Å². The van der Waals surface area contributed by atoms with Crippen molar-refractivity contribution in [3.8, 4) is 11.5 Å². The number of imide groups is 2. The molecule has 0 aromatic heterocycles. The molecule has 0 aliphatic carbocycles. The smallest absolute Gasteiger partial charge is 0.335 e. The summed E-state index contributed by atoms with van der Waals surface area (Å²) in [4.78, 5) is 38.6. The number of barbiturate groups is 1. The number of benzene rings is 2. The van der Waals surface area contributed by atoms with E-state index >= 15 is 0 Å². The summed E-state index contributed by atoms with van der Waals surface area (Å²) in [6.07, 6.45) is 2.16. The molecule has 7 nitrogen and oxygen atoms in total. The number of nitrogens with one attached hydrogen (secondary N) is 1. The van der Waals surface area contributed by atoms with E-state index in [1.165, 1.54) is 6.08 Å². The normalized spacial score (nSPS) is 15.3. The first-order valence-corrected chi connectivity index (χ1v) is 10.8. The topological polar surface area (TPSA) is 84.9 Å². The third-order valence-electron chi connectivity index (χ3n) is 4.28. The highest BCUT2D eigenvalue weighted by Gasteiger charge is 2.36. The zero-order valence-electron chi connectivity index (χ0n) is 16.9. The molecule has 162 valence electrons. The van der Waals surface area contributed by atoms with E-state index in [-0.39, 0.29) is 10.6 Å². The molecule has 1 N–H and O–H groups in total. The van der Waals surface area contributed by atoms with Crippen LogP contribution in [0.2, 0.25) is 5.02 Å². The fraction of sp³-hybridized carbons (Fsp3) is 0.227. The molecule has 2 aromatic rings. The second kappa shape index (κ2) is 9.98. The third-order valence-corrected chi connectivity index (χ3v) is 5.09. The minimum atomic E-state index is -0.814. The molecule has 1 heterocycles. The lowest BCUT2D eigenvalue weighted by molar-refractivity contribution is -0.122. The molecule has 3 rings (SSSR count). The molecule has 0 bridgehead atoms. The van der Waals surface area contributed by atoms with Gasteiger partial charge in [-0.2, -0.15) is 0 Å². The summed E-state index contributed by atoms with van der Waals surface area (Å²) in [5, 5.41) is 2.48. The predicted molar refractivity (Wildman–Crippen MR) is 122 cm³/mol. The largest absolute Gasteiger partial charge is 0.490 e. The fourth-order valence-electron chi connectivity index (χ4n) is 2.93. The number of ether oxygens (including phenoxy) is 2. The van der Waals surface area contributed by atoms with Gasteiger partial charge in [-0.25, -0.2) is 9.69 Å².